The first-order valence-corrected chi connectivity index (χ1v) is 14.5. The number of rotatable bonds is 7. The SMILES string of the molecule is COc1ccc2c(c1)n(SI)c1nc(N3CCC(COSc4ccc(C)cc4)C3)cc[n+]21. The number of aromatic nitrogens is 3. The Morgan fingerprint density at radius 2 is 2.03 bits per heavy atom. The summed E-state index contributed by atoms with van der Waals surface area (Å²) in [5.41, 5.74) is 3.47. The summed E-state index contributed by atoms with van der Waals surface area (Å²) in [6.45, 7) is 4.80. The van der Waals surface area contributed by atoms with Crippen molar-refractivity contribution < 1.29 is 13.3 Å². The second-order valence-corrected chi connectivity index (χ2v) is 10.5. The topological polar surface area (TPSA) is 43.6 Å². The molecule has 1 fully saturated rings. The molecule has 0 radical (unpaired) electrons. The van der Waals surface area contributed by atoms with Gasteiger partial charge >= 0.3 is 5.78 Å². The van der Waals surface area contributed by atoms with Gasteiger partial charge < -0.3 is 13.8 Å². The Bertz CT molecular complexity index is 1250. The zero-order valence-electron chi connectivity index (χ0n) is 17.9. The van der Waals surface area contributed by atoms with Gasteiger partial charge in [-0.1, -0.05) is 22.7 Å². The molecule has 0 bridgehead atoms. The maximum absolute atomic E-state index is 5.94. The number of hydrogen-bond donors (Lipinski definition) is 0. The molecule has 166 valence electrons. The highest BCUT2D eigenvalue weighted by Crippen LogP contribution is 2.30. The van der Waals surface area contributed by atoms with Crippen molar-refractivity contribution in [3.05, 3.63) is 60.3 Å². The monoisotopic (exact) mass is 579 g/mol. The van der Waals surface area contributed by atoms with Gasteiger partial charge in [0.15, 0.2) is 5.52 Å². The van der Waals surface area contributed by atoms with Crippen LogP contribution in [0.1, 0.15) is 12.0 Å². The van der Waals surface area contributed by atoms with E-state index in [1.54, 1.807) is 16.2 Å². The van der Waals surface area contributed by atoms with Gasteiger partial charge in [0, 0.05) is 69.3 Å². The van der Waals surface area contributed by atoms with E-state index in [0.29, 0.717) is 5.92 Å². The molecule has 1 aliphatic heterocycles. The van der Waals surface area contributed by atoms with Crippen LogP contribution >= 0.6 is 42.4 Å². The molecule has 5 rings (SSSR count). The van der Waals surface area contributed by atoms with Crippen LogP contribution in [0.15, 0.2) is 59.6 Å². The van der Waals surface area contributed by atoms with Crippen LogP contribution < -0.4 is 14.0 Å². The molecule has 1 atom stereocenters. The Balaban J connectivity index is 1.30. The van der Waals surface area contributed by atoms with E-state index in [4.69, 9.17) is 13.9 Å². The lowest BCUT2D eigenvalue weighted by Gasteiger charge is -2.14. The molecule has 0 spiro atoms. The molecule has 32 heavy (non-hydrogen) atoms. The summed E-state index contributed by atoms with van der Waals surface area (Å²) in [4.78, 5) is 8.55. The molecule has 2 aromatic carbocycles. The van der Waals surface area contributed by atoms with Crippen molar-refractivity contribution in [1.29, 1.82) is 0 Å². The van der Waals surface area contributed by atoms with E-state index in [-0.39, 0.29) is 0 Å². The number of hydrogen-bond acceptors (Lipinski definition) is 6. The lowest BCUT2D eigenvalue weighted by Crippen LogP contribution is -2.26. The molecule has 1 aliphatic rings. The molecule has 1 unspecified atom stereocenters. The van der Waals surface area contributed by atoms with E-state index >= 15 is 0 Å². The molecule has 1 saturated heterocycles. The van der Waals surface area contributed by atoms with E-state index in [1.165, 1.54) is 17.6 Å². The van der Waals surface area contributed by atoms with Crippen molar-refractivity contribution in [2.24, 2.45) is 5.92 Å². The number of benzene rings is 2. The Morgan fingerprint density at radius 1 is 1.19 bits per heavy atom. The predicted octanol–water partition coefficient (Wildman–Crippen LogP) is 5.49. The number of fused-ring (bicyclic) bond motifs is 3. The summed E-state index contributed by atoms with van der Waals surface area (Å²) < 4.78 is 15.7. The molecule has 2 aromatic heterocycles. The third kappa shape index (κ3) is 4.40. The third-order valence-corrected chi connectivity index (χ3v) is 8.20. The number of aryl methyl sites for hydroxylation is 1. The lowest BCUT2D eigenvalue weighted by molar-refractivity contribution is -0.483. The van der Waals surface area contributed by atoms with Gasteiger partial charge in [-0.15, -0.1) is 0 Å². The first-order valence-electron chi connectivity index (χ1n) is 10.5. The second kappa shape index (κ2) is 9.66. The molecule has 0 N–H and O–H groups in total. The van der Waals surface area contributed by atoms with Gasteiger partial charge in [-0.05, 0) is 37.6 Å². The van der Waals surface area contributed by atoms with Gasteiger partial charge in [-0.3, -0.25) is 0 Å². The fraction of sp³-hybridized carbons (Fsp3) is 0.304. The van der Waals surface area contributed by atoms with Crippen LogP contribution in [0.5, 0.6) is 5.75 Å². The van der Waals surface area contributed by atoms with E-state index in [1.807, 2.05) is 6.07 Å². The molecular weight excluding hydrogens is 555 g/mol. The van der Waals surface area contributed by atoms with Gasteiger partial charge in [0.2, 0.25) is 5.82 Å². The number of imidazole rings is 1. The van der Waals surface area contributed by atoms with Crippen LogP contribution in [0.3, 0.4) is 0 Å². The van der Waals surface area contributed by atoms with Crippen LogP contribution in [0, 0.1) is 12.8 Å². The summed E-state index contributed by atoms with van der Waals surface area (Å²) in [5, 5.41) is 0. The highest BCUT2D eigenvalue weighted by molar-refractivity contribution is 14.2. The summed E-state index contributed by atoms with van der Waals surface area (Å²) in [7, 11) is 3.32. The van der Waals surface area contributed by atoms with Crippen LogP contribution in [0.4, 0.5) is 5.82 Å². The van der Waals surface area contributed by atoms with E-state index in [0.717, 1.165) is 59.4 Å². The van der Waals surface area contributed by atoms with Crippen LogP contribution in [-0.2, 0) is 4.18 Å². The Labute approximate surface area is 208 Å². The zero-order chi connectivity index (χ0) is 22.1. The van der Waals surface area contributed by atoms with Crippen LogP contribution in [-0.4, -0.2) is 35.8 Å². The van der Waals surface area contributed by atoms with Crippen molar-refractivity contribution in [2.75, 3.05) is 31.7 Å². The molecule has 0 saturated carbocycles. The van der Waals surface area contributed by atoms with Gasteiger partial charge in [0.25, 0.3) is 0 Å². The van der Waals surface area contributed by atoms with Gasteiger partial charge in [-0.25, -0.2) is 0 Å². The molecule has 0 aliphatic carbocycles. The highest BCUT2D eigenvalue weighted by atomic mass is 127. The largest absolute Gasteiger partial charge is 0.497 e. The first-order chi connectivity index (χ1) is 15.7. The molecule has 3 heterocycles. The minimum atomic E-state index is 0.507. The van der Waals surface area contributed by atoms with E-state index < -0.39 is 0 Å². The summed E-state index contributed by atoms with van der Waals surface area (Å²) in [5.74, 6) is 3.28. The van der Waals surface area contributed by atoms with E-state index in [2.05, 4.69) is 90.1 Å². The minimum absolute atomic E-state index is 0.507. The van der Waals surface area contributed by atoms with Crippen LogP contribution in [0.25, 0.3) is 16.8 Å². The number of halogens is 1. The van der Waals surface area contributed by atoms with Crippen LogP contribution in [0.2, 0.25) is 0 Å². The average Bonchev–Trinajstić information content (AvgIpc) is 3.41. The predicted molar refractivity (Wildman–Crippen MR) is 140 cm³/mol. The molecule has 0 amide bonds. The van der Waals surface area contributed by atoms with Crippen molar-refractivity contribution in [3.63, 3.8) is 0 Å². The number of methoxy groups -OCH3 is 1. The standard InChI is InChI=1S/C23H24IN4O2S2/c1-16-3-6-19(7-4-16)31-30-15-17-9-11-26(14-17)22-10-12-27-20-8-5-18(29-2)13-21(20)28(32-24)23(27)25-22/h3-8,10,12-13,17H,9,11,14-15H2,1-2H3/q+1. The fourth-order valence-electron chi connectivity index (χ4n) is 4.05. The quantitative estimate of drug-likeness (QED) is 0.164. The van der Waals surface area contributed by atoms with Gasteiger partial charge in [-0.2, -0.15) is 8.37 Å². The zero-order valence-corrected chi connectivity index (χ0v) is 21.7. The Kier molecular flexibility index (Phi) is 6.68. The second-order valence-electron chi connectivity index (χ2n) is 7.96. The smallest absolute Gasteiger partial charge is 0.418 e. The number of nitrogens with zero attached hydrogens (tertiary/aromatic N) is 4. The number of ether oxygens (including phenoxy) is 1. The van der Waals surface area contributed by atoms with Crippen molar-refractivity contribution >= 4 is 65.0 Å². The molecule has 9 heteroatoms. The lowest BCUT2D eigenvalue weighted by atomic mass is 10.1. The molecule has 6 nitrogen and oxygen atoms in total. The van der Waals surface area contributed by atoms with Gasteiger partial charge in [0.05, 0.1) is 19.9 Å². The average molecular weight is 580 g/mol. The van der Waals surface area contributed by atoms with Crippen molar-refractivity contribution in [2.45, 2.75) is 18.2 Å². The third-order valence-electron chi connectivity index (χ3n) is 5.80. The number of anilines is 1. The maximum atomic E-state index is 5.94. The molecular formula is C23H24IN4O2S2+. The Morgan fingerprint density at radius 3 is 2.81 bits per heavy atom. The Hall–Kier alpha value is -1.69. The molecule has 4 aromatic rings. The van der Waals surface area contributed by atoms with Crippen molar-refractivity contribution in [1.82, 2.24) is 8.96 Å². The maximum Gasteiger partial charge on any atom is 0.418 e. The van der Waals surface area contributed by atoms with Crippen molar-refractivity contribution in [3.8, 4) is 5.75 Å². The minimum Gasteiger partial charge on any atom is -0.497 e. The fourth-order valence-corrected chi connectivity index (χ4v) is 6.27. The van der Waals surface area contributed by atoms with Gasteiger partial charge in [0.1, 0.15) is 20.4 Å². The normalized spacial score (nSPS) is 16.3. The highest BCUT2D eigenvalue weighted by Gasteiger charge is 2.28. The van der Waals surface area contributed by atoms with E-state index in [9.17, 15) is 0 Å². The summed E-state index contributed by atoms with van der Waals surface area (Å²) in [6, 6.07) is 16.7. The first kappa shape index (κ1) is 22.1. The summed E-state index contributed by atoms with van der Waals surface area (Å²) in [6.07, 6.45) is 3.23. The summed E-state index contributed by atoms with van der Waals surface area (Å²) >= 11 is 3.78.